The molecule has 1 aromatic carbocycles. The molecule has 6 nitrogen and oxygen atoms in total. The quantitative estimate of drug-likeness (QED) is 0.778. The summed E-state index contributed by atoms with van der Waals surface area (Å²) in [5, 5.41) is 13.9. The molecule has 2 heterocycles. The molecule has 1 amide bonds. The standard InChI is InChI=1S/C15H13FN4O2/c1-7-12(13(22-20-7)8-2-3-8)15(21)17-14-10-6-9(16)4-5-11(10)18-19-14/h4-6,8H,2-3H2,1H3,(H2,17,18,19,21). The summed E-state index contributed by atoms with van der Waals surface area (Å²) < 4.78 is 18.6. The number of aryl methyl sites for hydroxylation is 1. The number of amides is 1. The predicted octanol–water partition coefficient (Wildman–Crippen LogP) is 3.13. The first-order chi connectivity index (χ1) is 10.6. The lowest BCUT2D eigenvalue weighted by atomic mass is 10.1. The summed E-state index contributed by atoms with van der Waals surface area (Å²) in [5.41, 5.74) is 1.65. The number of benzene rings is 1. The minimum Gasteiger partial charge on any atom is -0.360 e. The minimum atomic E-state index is -0.385. The summed E-state index contributed by atoms with van der Waals surface area (Å²) in [6, 6.07) is 4.24. The van der Waals surface area contributed by atoms with Crippen molar-refractivity contribution in [2.45, 2.75) is 25.7 Å². The van der Waals surface area contributed by atoms with Crippen molar-refractivity contribution in [2.75, 3.05) is 5.32 Å². The Bertz CT molecular complexity index is 879. The summed E-state index contributed by atoms with van der Waals surface area (Å²) in [5.74, 6) is 0.473. The highest BCUT2D eigenvalue weighted by molar-refractivity contribution is 6.09. The molecule has 0 radical (unpaired) electrons. The molecule has 112 valence electrons. The average molecular weight is 300 g/mol. The van der Waals surface area contributed by atoms with E-state index < -0.39 is 0 Å². The van der Waals surface area contributed by atoms with E-state index in [0.29, 0.717) is 33.7 Å². The zero-order chi connectivity index (χ0) is 15.3. The second-order valence-corrected chi connectivity index (χ2v) is 5.50. The number of hydrogen-bond acceptors (Lipinski definition) is 4. The van der Waals surface area contributed by atoms with E-state index in [1.165, 1.54) is 12.1 Å². The Balaban J connectivity index is 1.69. The Morgan fingerprint density at radius 3 is 3.05 bits per heavy atom. The Morgan fingerprint density at radius 2 is 2.27 bits per heavy atom. The Morgan fingerprint density at radius 1 is 1.45 bits per heavy atom. The number of H-pyrrole nitrogens is 1. The molecule has 1 aliphatic rings. The van der Waals surface area contributed by atoms with Crippen LogP contribution in [0.3, 0.4) is 0 Å². The van der Waals surface area contributed by atoms with Crippen molar-refractivity contribution in [3.8, 4) is 0 Å². The maximum Gasteiger partial charge on any atom is 0.262 e. The fourth-order valence-electron chi connectivity index (χ4n) is 2.54. The largest absolute Gasteiger partial charge is 0.360 e. The highest BCUT2D eigenvalue weighted by Gasteiger charge is 2.34. The first-order valence-electron chi connectivity index (χ1n) is 7.04. The smallest absolute Gasteiger partial charge is 0.262 e. The van der Waals surface area contributed by atoms with E-state index in [-0.39, 0.29) is 17.6 Å². The number of carbonyl (C=O) groups is 1. The summed E-state index contributed by atoms with van der Waals surface area (Å²) in [6.45, 7) is 1.73. The molecule has 3 aromatic rings. The van der Waals surface area contributed by atoms with Gasteiger partial charge in [-0.3, -0.25) is 9.89 Å². The SMILES string of the molecule is Cc1noc(C2CC2)c1C(=O)Nc1n[nH]c2ccc(F)cc12. The van der Waals surface area contributed by atoms with Gasteiger partial charge in [0.1, 0.15) is 11.4 Å². The number of aromatic amines is 1. The average Bonchev–Trinajstić information content (AvgIpc) is 3.16. The lowest BCUT2D eigenvalue weighted by molar-refractivity contribution is 0.102. The zero-order valence-electron chi connectivity index (χ0n) is 11.8. The second-order valence-electron chi connectivity index (χ2n) is 5.50. The minimum absolute atomic E-state index is 0.273. The van der Waals surface area contributed by atoms with Crippen LogP contribution in [0.15, 0.2) is 22.7 Å². The van der Waals surface area contributed by atoms with Crippen molar-refractivity contribution in [2.24, 2.45) is 0 Å². The highest BCUT2D eigenvalue weighted by Crippen LogP contribution is 2.42. The third-order valence-electron chi connectivity index (χ3n) is 3.82. The third-order valence-corrected chi connectivity index (χ3v) is 3.82. The van der Waals surface area contributed by atoms with E-state index >= 15 is 0 Å². The van der Waals surface area contributed by atoms with Gasteiger partial charge in [-0.2, -0.15) is 5.10 Å². The van der Waals surface area contributed by atoms with Gasteiger partial charge in [-0.25, -0.2) is 4.39 Å². The number of aromatic nitrogens is 3. The summed E-state index contributed by atoms with van der Waals surface area (Å²) in [7, 11) is 0. The van der Waals surface area contributed by atoms with E-state index in [9.17, 15) is 9.18 Å². The molecule has 0 spiro atoms. The normalized spacial score (nSPS) is 14.5. The Labute approximate surface area is 124 Å². The molecule has 2 aromatic heterocycles. The van der Waals surface area contributed by atoms with E-state index in [1.54, 1.807) is 13.0 Å². The molecule has 0 atom stereocenters. The highest BCUT2D eigenvalue weighted by atomic mass is 19.1. The molecule has 4 rings (SSSR count). The fourth-order valence-corrected chi connectivity index (χ4v) is 2.54. The van der Waals surface area contributed by atoms with Crippen LogP contribution in [0.1, 0.15) is 40.6 Å². The first kappa shape index (κ1) is 13.0. The van der Waals surface area contributed by atoms with Crippen LogP contribution < -0.4 is 5.32 Å². The van der Waals surface area contributed by atoms with Gasteiger partial charge < -0.3 is 9.84 Å². The van der Waals surface area contributed by atoms with Crippen LogP contribution in [-0.4, -0.2) is 21.3 Å². The monoisotopic (exact) mass is 300 g/mol. The van der Waals surface area contributed by atoms with Crippen LogP contribution in [0.5, 0.6) is 0 Å². The van der Waals surface area contributed by atoms with Crippen LogP contribution in [0.2, 0.25) is 0 Å². The van der Waals surface area contributed by atoms with E-state index in [1.807, 2.05) is 0 Å². The molecule has 0 saturated heterocycles. The molecular formula is C15H13FN4O2. The van der Waals surface area contributed by atoms with Crippen LogP contribution in [0.4, 0.5) is 10.2 Å². The topological polar surface area (TPSA) is 83.8 Å². The van der Waals surface area contributed by atoms with Crippen LogP contribution >= 0.6 is 0 Å². The van der Waals surface area contributed by atoms with Crippen LogP contribution in [0, 0.1) is 12.7 Å². The van der Waals surface area contributed by atoms with Crippen molar-refractivity contribution >= 4 is 22.6 Å². The first-order valence-corrected chi connectivity index (χ1v) is 7.04. The van der Waals surface area contributed by atoms with Crippen molar-refractivity contribution in [1.29, 1.82) is 0 Å². The van der Waals surface area contributed by atoms with Crippen LogP contribution in [0.25, 0.3) is 10.9 Å². The number of anilines is 1. The Hall–Kier alpha value is -2.70. The van der Waals surface area contributed by atoms with Gasteiger partial charge in [-0.1, -0.05) is 5.16 Å². The second kappa shape index (κ2) is 4.66. The third kappa shape index (κ3) is 2.05. The maximum atomic E-state index is 13.4. The number of nitrogens with zero attached hydrogens (tertiary/aromatic N) is 2. The van der Waals surface area contributed by atoms with E-state index in [2.05, 4.69) is 20.7 Å². The molecule has 1 fully saturated rings. The molecule has 0 unspecified atom stereocenters. The van der Waals surface area contributed by atoms with Gasteiger partial charge in [-0.05, 0) is 38.0 Å². The number of hydrogen-bond donors (Lipinski definition) is 2. The zero-order valence-corrected chi connectivity index (χ0v) is 11.8. The van der Waals surface area contributed by atoms with Gasteiger partial charge in [0, 0.05) is 11.3 Å². The molecule has 1 aliphatic carbocycles. The molecule has 22 heavy (non-hydrogen) atoms. The molecule has 7 heteroatoms. The van der Waals surface area contributed by atoms with Crippen molar-refractivity contribution < 1.29 is 13.7 Å². The summed E-state index contributed by atoms with van der Waals surface area (Å²) in [6.07, 6.45) is 2.01. The van der Waals surface area contributed by atoms with Gasteiger partial charge in [0.15, 0.2) is 11.6 Å². The number of rotatable bonds is 3. The molecule has 2 N–H and O–H groups in total. The van der Waals surface area contributed by atoms with Gasteiger partial charge in [0.2, 0.25) is 0 Å². The van der Waals surface area contributed by atoms with Crippen molar-refractivity contribution in [3.05, 3.63) is 41.0 Å². The maximum absolute atomic E-state index is 13.4. The number of nitrogens with one attached hydrogen (secondary N) is 2. The fraction of sp³-hybridized carbons (Fsp3) is 0.267. The number of fused-ring (bicyclic) bond motifs is 1. The van der Waals surface area contributed by atoms with Gasteiger partial charge in [0.25, 0.3) is 5.91 Å². The predicted molar refractivity (Wildman–Crippen MR) is 77.2 cm³/mol. The van der Waals surface area contributed by atoms with E-state index in [0.717, 1.165) is 12.8 Å². The Kier molecular flexibility index (Phi) is 2.75. The van der Waals surface area contributed by atoms with E-state index in [4.69, 9.17) is 4.52 Å². The van der Waals surface area contributed by atoms with Crippen LogP contribution in [-0.2, 0) is 0 Å². The summed E-state index contributed by atoms with van der Waals surface area (Å²) >= 11 is 0. The lowest BCUT2D eigenvalue weighted by Gasteiger charge is -2.03. The molecular weight excluding hydrogens is 287 g/mol. The number of halogens is 1. The molecule has 0 aliphatic heterocycles. The molecule has 1 saturated carbocycles. The van der Waals surface area contributed by atoms with Crippen molar-refractivity contribution in [1.82, 2.24) is 15.4 Å². The lowest BCUT2D eigenvalue weighted by Crippen LogP contribution is -2.14. The van der Waals surface area contributed by atoms with Gasteiger partial charge >= 0.3 is 0 Å². The van der Waals surface area contributed by atoms with Gasteiger partial charge in [0.05, 0.1) is 11.2 Å². The van der Waals surface area contributed by atoms with Crippen molar-refractivity contribution in [3.63, 3.8) is 0 Å². The summed E-state index contributed by atoms with van der Waals surface area (Å²) in [4.78, 5) is 12.5. The van der Waals surface area contributed by atoms with Gasteiger partial charge in [-0.15, -0.1) is 0 Å². The molecule has 0 bridgehead atoms. The number of carbonyl (C=O) groups excluding carboxylic acids is 1.